The van der Waals surface area contributed by atoms with Gasteiger partial charge in [-0.2, -0.15) is 11.8 Å². The number of nitrogens with zero attached hydrogens (tertiary/aromatic N) is 1. The summed E-state index contributed by atoms with van der Waals surface area (Å²) in [4.78, 5) is 24.3. The summed E-state index contributed by atoms with van der Waals surface area (Å²) in [7, 11) is 1.69. The van der Waals surface area contributed by atoms with E-state index in [1.54, 1.807) is 23.7 Å². The van der Waals surface area contributed by atoms with Crippen molar-refractivity contribution in [3.05, 3.63) is 0 Å². The molecule has 0 fully saturated rings. The van der Waals surface area contributed by atoms with E-state index in [1.807, 2.05) is 13.2 Å². The average molecular weight is 267 g/mol. The van der Waals surface area contributed by atoms with Gasteiger partial charge in [-0.15, -0.1) is 11.6 Å². The molecule has 0 radical (unpaired) electrons. The Hall–Kier alpha value is -0.420. The van der Waals surface area contributed by atoms with Gasteiger partial charge in [-0.3, -0.25) is 10.1 Å². The van der Waals surface area contributed by atoms with Crippen LogP contribution < -0.4 is 5.32 Å². The number of carbonyl (C=O) groups is 2. The molecule has 0 saturated carbocycles. The first-order valence-electron chi connectivity index (χ1n) is 5.14. The summed E-state index contributed by atoms with van der Waals surface area (Å²) >= 11 is 7.14. The molecule has 1 unspecified atom stereocenters. The number of urea groups is 1. The van der Waals surface area contributed by atoms with Crippen LogP contribution in [0.1, 0.15) is 19.8 Å². The molecule has 3 amide bonds. The first-order chi connectivity index (χ1) is 7.52. The molecular weight excluding hydrogens is 248 g/mol. The summed E-state index contributed by atoms with van der Waals surface area (Å²) in [5.74, 6) is 0.892. The van der Waals surface area contributed by atoms with Crippen LogP contribution in [0.2, 0.25) is 0 Å². The fourth-order valence-corrected chi connectivity index (χ4v) is 1.79. The van der Waals surface area contributed by atoms with E-state index in [4.69, 9.17) is 11.6 Å². The quantitative estimate of drug-likeness (QED) is 0.748. The van der Waals surface area contributed by atoms with Gasteiger partial charge in [0.05, 0.1) is 0 Å². The summed E-state index contributed by atoms with van der Waals surface area (Å²) in [6, 6.07) is -0.236. The number of imide groups is 1. The second-order valence-electron chi connectivity index (χ2n) is 3.53. The van der Waals surface area contributed by atoms with Crippen molar-refractivity contribution in [1.29, 1.82) is 0 Å². The molecular formula is C10H19ClN2O2S. The highest BCUT2D eigenvalue weighted by Gasteiger charge is 2.16. The lowest BCUT2D eigenvalue weighted by atomic mass is 10.2. The number of halogens is 1. The van der Waals surface area contributed by atoms with Crippen molar-refractivity contribution in [3.8, 4) is 0 Å². The fraction of sp³-hybridized carbons (Fsp3) is 0.800. The molecule has 0 aromatic carbocycles. The summed E-state index contributed by atoms with van der Waals surface area (Å²) in [6.45, 7) is 1.96. The van der Waals surface area contributed by atoms with E-state index < -0.39 is 0 Å². The third-order valence-electron chi connectivity index (χ3n) is 2.29. The molecule has 94 valence electrons. The number of carbonyl (C=O) groups excluding carboxylic acids is 2. The highest BCUT2D eigenvalue weighted by atomic mass is 35.5. The predicted molar refractivity (Wildman–Crippen MR) is 69.1 cm³/mol. The molecule has 1 atom stereocenters. The van der Waals surface area contributed by atoms with E-state index >= 15 is 0 Å². The van der Waals surface area contributed by atoms with Crippen LogP contribution in [0.5, 0.6) is 0 Å². The lowest BCUT2D eigenvalue weighted by molar-refractivity contribution is -0.119. The Labute approximate surface area is 106 Å². The smallest absolute Gasteiger partial charge is 0.324 e. The monoisotopic (exact) mass is 266 g/mol. The SMILES string of the molecule is CSCCC(C)N(C)C(=O)NC(=O)CCCl. The van der Waals surface area contributed by atoms with E-state index in [0.29, 0.717) is 0 Å². The van der Waals surface area contributed by atoms with Gasteiger partial charge in [0.15, 0.2) is 0 Å². The second-order valence-corrected chi connectivity index (χ2v) is 4.90. The normalized spacial score (nSPS) is 12.0. The van der Waals surface area contributed by atoms with Gasteiger partial charge in [0.1, 0.15) is 0 Å². The zero-order valence-electron chi connectivity index (χ0n) is 9.96. The van der Waals surface area contributed by atoms with Crippen molar-refractivity contribution >= 4 is 35.3 Å². The number of rotatable bonds is 6. The van der Waals surface area contributed by atoms with Crippen LogP contribution in [-0.2, 0) is 4.79 Å². The van der Waals surface area contributed by atoms with Gasteiger partial charge in [-0.1, -0.05) is 0 Å². The first-order valence-corrected chi connectivity index (χ1v) is 7.07. The number of thioether (sulfide) groups is 1. The van der Waals surface area contributed by atoms with Crippen LogP contribution in [0, 0.1) is 0 Å². The molecule has 0 aliphatic rings. The van der Waals surface area contributed by atoms with Crippen LogP contribution in [0.25, 0.3) is 0 Å². The Morgan fingerprint density at radius 3 is 2.62 bits per heavy atom. The zero-order chi connectivity index (χ0) is 12.6. The number of hydrogen-bond donors (Lipinski definition) is 1. The Bertz CT molecular complexity index is 239. The summed E-state index contributed by atoms with van der Waals surface area (Å²) < 4.78 is 0. The predicted octanol–water partition coefficient (Wildman–Crippen LogP) is 1.92. The van der Waals surface area contributed by atoms with Crippen LogP contribution in [0.3, 0.4) is 0 Å². The third-order valence-corrected chi connectivity index (χ3v) is 3.12. The Morgan fingerprint density at radius 1 is 1.50 bits per heavy atom. The Morgan fingerprint density at radius 2 is 2.12 bits per heavy atom. The standard InChI is InChI=1S/C10H19ClN2O2S/c1-8(5-7-16-3)13(2)10(15)12-9(14)4-6-11/h8H,4-7H2,1-3H3,(H,12,14,15). The van der Waals surface area contributed by atoms with Crippen molar-refractivity contribution in [2.45, 2.75) is 25.8 Å². The molecule has 6 heteroatoms. The molecule has 0 saturated heterocycles. The lowest BCUT2D eigenvalue weighted by Crippen LogP contribution is -2.45. The maximum absolute atomic E-state index is 11.6. The van der Waals surface area contributed by atoms with Crippen molar-refractivity contribution in [1.82, 2.24) is 10.2 Å². The van der Waals surface area contributed by atoms with Crippen LogP contribution >= 0.6 is 23.4 Å². The fourth-order valence-electron chi connectivity index (χ4n) is 1.04. The van der Waals surface area contributed by atoms with E-state index in [-0.39, 0.29) is 30.3 Å². The molecule has 0 aliphatic carbocycles. The van der Waals surface area contributed by atoms with Gasteiger partial charge < -0.3 is 4.90 Å². The Balaban J connectivity index is 4.01. The van der Waals surface area contributed by atoms with Crippen molar-refractivity contribution < 1.29 is 9.59 Å². The number of alkyl halides is 1. The summed E-state index contributed by atoms with van der Waals surface area (Å²) in [5, 5.41) is 2.29. The molecule has 16 heavy (non-hydrogen) atoms. The molecule has 0 bridgehead atoms. The number of amides is 3. The van der Waals surface area contributed by atoms with Gasteiger partial charge >= 0.3 is 6.03 Å². The van der Waals surface area contributed by atoms with Crippen molar-refractivity contribution in [3.63, 3.8) is 0 Å². The minimum absolute atomic E-state index is 0.122. The van der Waals surface area contributed by atoms with Gasteiger partial charge in [0, 0.05) is 25.4 Å². The maximum atomic E-state index is 11.6. The highest BCUT2D eigenvalue weighted by Crippen LogP contribution is 2.06. The molecule has 0 aromatic rings. The average Bonchev–Trinajstić information content (AvgIpc) is 2.24. The second kappa shape index (κ2) is 8.70. The van der Waals surface area contributed by atoms with E-state index in [1.165, 1.54) is 0 Å². The maximum Gasteiger partial charge on any atom is 0.324 e. The minimum atomic E-state index is -0.358. The third kappa shape index (κ3) is 6.23. The molecule has 0 heterocycles. The van der Waals surface area contributed by atoms with Gasteiger partial charge in [-0.05, 0) is 25.4 Å². The van der Waals surface area contributed by atoms with E-state index in [2.05, 4.69) is 5.32 Å². The molecule has 4 nitrogen and oxygen atoms in total. The Kier molecular flexibility index (Phi) is 8.47. The number of nitrogens with one attached hydrogen (secondary N) is 1. The lowest BCUT2D eigenvalue weighted by Gasteiger charge is -2.24. The molecule has 0 aliphatic heterocycles. The summed E-state index contributed by atoms with van der Waals surface area (Å²) in [5.41, 5.74) is 0. The first kappa shape index (κ1) is 15.6. The topological polar surface area (TPSA) is 49.4 Å². The molecule has 1 N–H and O–H groups in total. The van der Waals surface area contributed by atoms with Gasteiger partial charge in [0.2, 0.25) is 5.91 Å². The summed E-state index contributed by atoms with van der Waals surface area (Å²) in [6.07, 6.45) is 3.10. The molecule has 0 rings (SSSR count). The van der Waals surface area contributed by atoms with Crippen LogP contribution in [-0.4, -0.2) is 47.8 Å². The zero-order valence-corrected chi connectivity index (χ0v) is 11.5. The van der Waals surface area contributed by atoms with Crippen LogP contribution in [0.15, 0.2) is 0 Å². The van der Waals surface area contributed by atoms with E-state index in [0.717, 1.165) is 12.2 Å². The molecule has 0 spiro atoms. The molecule has 0 aromatic heterocycles. The highest BCUT2D eigenvalue weighted by molar-refractivity contribution is 7.98. The van der Waals surface area contributed by atoms with Gasteiger partial charge in [-0.25, -0.2) is 4.79 Å². The van der Waals surface area contributed by atoms with Crippen LogP contribution in [0.4, 0.5) is 4.79 Å². The van der Waals surface area contributed by atoms with E-state index in [9.17, 15) is 9.59 Å². The van der Waals surface area contributed by atoms with Crippen molar-refractivity contribution in [2.75, 3.05) is 24.9 Å². The van der Waals surface area contributed by atoms with Gasteiger partial charge in [0.25, 0.3) is 0 Å². The van der Waals surface area contributed by atoms with Crippen molar-refractivity contribution in [2.24, 2.45) is 0 Å². The minimum Gasteiger partial charge on any atom is -0.325 e. The number of hydrogen-bond acceptors (Lipinski definition) is 3. The largest absolute Gasteiger partial charge is 0.325 e.